The topological polar surface area (TPSA) is 70.7 Å². The summed E-state index contributed by atoms with van der Waals surface area (Å²) in [6.07, 6.45) is 2.47. The van der Waals surface area contributed by atoms with Crippen LogP contribution in [0.2, 0.25) is 0 Å². The molecule has 24 heavy (non-hydrogen) atoms. The molecule has 0 aliphatic heterocycles. The van der Waals surface area contributed by atoms with Crippen molar-refractivity contribution in [3.05, 3.63) is 78.1 Å². The summed E-state index contributed by atoms with van der Waals surface area (Å²) in [7, 11) is 0. The number of phenols is 2. The molecule has 2 aromatic carbocycles. The number of fused-ring (bicyclic) bond motifs is 1. The molecular formula is C19H15N3O2. The number of hydrogen-bond acceptors (Lipinski definition) is 4. The van der Waals surface area contributed by atoms with E-state index in [2.05, 4.69) is 10.1 Å². The van der Waals surface area contributed by atoms with Gasteiger partial charge in [-0.3, -0.25) is 0 Å². The first-order valence-corrected chi connectivity index (χ1v) is 7.60. The second-order valence-corrected chi connectivity index (χ2v) is 5.63. The zero-order valence-electron chi connectivity index (χ0n) is 12.8. The summed E-state index contributed by atoms with van der Waals surface area (Å²) in [5, 5.41) is 23.7. The molecule has 0 aliphatic rings. The highest BCUT2D eigenvalue weighted by molar-refractivity contribution is 5.62. The molecule has 0 spiro atoms. The van der Waals surface area contributed by atoms with E-state index in [1.807, 2.05) is 34.8 Å². The van der Waals surface area contributed by atoms with Gasteiger partial charge in [0.15, 0.2) is 5.65 Å². The van der Waals surface area contributed by atoms with Crippen LogP contribution in [0.3, 0.4) is 0 Å². The highest BCUT2D eigenvalue weighted by Gasteiger charge is 2.08. The Morgan fingerprint density at radius 1 is 0.875 bits per heavy atom. The van der Waals surface area contributed by atoms with E-state index in [0.717, 1.165) is 28.2 Å². The first kappa shape index (κ1) is 14.3. The van der Waals surface area contributed by atoms with Crippen LogP contribution in [0.4, 0.5) is 0 Å². The van der Waals surface area contributed by atoms with Crippen molar-refractivity contribution in [3.63, 3.8) is 0 Å². The summed E-state index contributed by atoms with van der Waals surface area (Å²) in [5.74, 6) is 0.463. The summed E-state index contributed by atoms with van der Waals surface area (Å²) >= 11 is 0. The standard InChI is InChI=1S/C19H15N3O2/c23-16-6-4-13(5-7-16)10-15-12-20-19-9-8-18(21-22(15)19)14-2-1-3-17(24)11-14/h1-9,11-12,23-24H,10H2. The van der Waals surface area contributed by atoms with Crippen molar-refractivity contribution in [2.45, 2.75) is 6.42 Å². The van der Waals surface area contributed by atoms with Crippen LogP contribution in [0.15, 0.2) is 66.9 Å². The molecule has 0 fully saturated rings. The van der Waals surface area contributed by atoms with E-state index in [1.54, 1.807) is 36.5 Å². The molecule has 0 bridgehead atoms. The molecule has 2 heterocycles. The van der Waals surface area contributed by atoms with Crippen LogP contribution in [0.1, 0.15) is 11.3 Å². The fraction of sp³-hybridized carbons (Fsp3) is 0.0526. The average molecular weight is 317 g/mol. The third-order valence-corrected chi connectivity index (χ3v) is 3.90. The van der Waals surface area contributed by atoms with Gasteiger partial charge in [-0.05, 0) is 42.0 Å². The SMILES string of the molecule is Oc1ccc(Cc2cnc3ccc(-c4cccc(O)c4)nn23)cc1. The van der Waals surface area contributed by atoms with Crippen molar-refractivity contribution in [1.29, 1.82) is 0 Å². The number of aromatic hydroxyl groups is 2. The van der Waals surface area contributed by atoms with Crippen LogP contribution in [-0.2, 0) is 6.42 Å². The Morgan fingerprint density at radius 2 is 1.71 bits per heavy atom. The maximum atomic E-state index is 9.65. The smallest absolute Gasteiger partial charge is 0.153 e. The second kappa shape index (κ2) is 5.70. The number of hydrogen-bond donors (Lipinski definition) is 2. The van der Waals surface area contributed by atoms with Gasteiger partial charge in [0, 0.05) is 12.0 Å². The quantitative estimate of drug-likeness (QED) is 0.607. The van der Waals surface area contributed by atoms with Crippen LogP contribution >= 0.6 is 0 Å². The second-order valence-electron chi connectivity index (χ2n) is 5.63. The molecule has 5 nitrogen and oxygen atoms in total. The predicted molar refractivity (Wildman–Crippen MR) is 91.0 cm³/mol. The fourth-order valence-corrected chi connectivity index (χ4v) is 2.68. The van der Waals surface area contributed by atoms with Crippen molar-refractivity contribution in [2.75, 3.05) is 0 Å². The van der Waals surface area contributed by atoms with E-state index < -0.39 is 0 Å². The number of aromatic nitrogens is 3. The Labute approximate surface area is 138 Å². The third kappa shape index (κ3) is 2.67. The predicted octanol–water partition coefficient (Wildman–Crippen LogP) is 3.40. The van der Waals surface area contributed by atoms with Crippen LogP contribution in [0, 0.1) is 0 Å². The zero-order valence-corrected chi connectivity index (χ0v) is 12.8. The summed E-state index contributed by atoms with van der Waals surface area (Å²) in [4.78, 5) is 4.39. The van der Waals surface area contributed by atoms with Crippen molar-refractivity contribution < 1.29 is 10.2 Å². The van der Waals surface area contributed by atoms with Gasteiger partial charge in [0.2, 0.25) is 0 Å². The van der Waals surface area contributed by atoms with Gasteiger partial charge >= 0.3 is 0 Å². The molecule has 0 unspecified atom stereocenters. The largest absolute Gasteiger partial charge is 0.508 e. The highest BCUT2D eigenvalue weighted by Crippen LogP contribution is 2.22. The maximum Gasteiger partial charge on any atom is 0.153 e. The molecule has 0 saturated carbocycles. The lowest BCUT2D eigenvalue weighted by Crippen LogP contribution is -2.00. The Kier molecular flexibility index (Phi) is 3.39. The van der Waals surface area contributed by atoms with Gasteiger partial charge < -0.3 is 10.2 Å². The summed E-state index contributed by atoms with van der Waals surface area (Å²) < 4.78 is 1.81. The monoisotopic (exact) mass is 317 g/mol. The Bertz CT molecular complexity index is 1010. The van der Waals surface area contributed by atoms with Gasteiger partial charge in [-0.1, -0.05) is 24.3 Å². The minimum absolute atomic E-state index is 0.212. The molecule has 5 heteroatoms. The minimum atomic E-state index is 0.212. The molecule has 0 aliphatic carbocycles. The van der Waals surface area contributed by atoms with Crippen molar-refractivity contribution >= 4 is 5.65 Å². The normalized spacial score (nSPS) is 11.0. The zero-order chi connectivity index (χ0) is 16.5. The molecule has 118 valence electrons. The summed E-state index contributed by atoms with van der Waals surface area (Å²) in [5.41, 5.74) is 4.41. The first-order valence-electron chi connectivity index (χ1n) is 7.60. The maximum absolute atomic E-state index is 9.65. The van der Waals surface area contributed by atoms with E-state index in [9.17, 15) is 10.2 Å². The van der Waals surface area contributed by atoms with Crippen LogP contribution in [0.5, 0.6) is 11.5 Å². The van der Waals surface area contributed by atoms with E-state index >= 15 is 0 Å². The van der Waals surface area contributed by atoms with E-state index in [1.165, 1.54) is 0 Å². The van der Waals surface area contributed by atoms with Gasteiger partial charge in [-0.15, -0.1) is 0 Å². The molecule has 0 radical (unpaired) electrons. The van der Waals surface area contributed by atoms with Crippen molar-refractivity contribution in [2.24, 2.45) is 0 Å². The van der Waals surface area contributed by atoms with Crippen LogP contribution in [-0.4, -0.2) is 24.8 Å². The third-order valence-electron chi connectivity index (χ3n) is 3.90. The number of imidazole rings is 1. The lowest BCUT2D eigenvalue weighted by molar-refractivity contribution is 0.474. The van der Waals surface area contributed by atoms with Crippen molar-refractivity contribution in [1.82, 2.24) is 14.6 Å². The average Bonchev–Trinajstić information content (AvgIpc) is 2.99. The molecule has 0 amide bonds. The summed E-state index contributed by atoms with van der Waals surface area (Å²) in [6, 6.07) is 17.9. The number of nitrogens with zero attached hydrogens (tertiary/aromatic N) is 3. The Hall–Kier alpha value is -3.34. The van der Waals surface area contributed by atoms with Gasteiger partial charge in [-0.25, -0.2) is 9.50 Å². The minimum Gasteiger partial charge on any atom is -0.508 e. The molecule has 4 aromatic rings. The van der Waals surface area contributed by atoms with E-state index in [4.69, 9.17) is 0 Å². The number of benzene rings is 2. The van der Waals surface area contributed by atoms with Gasteiger partial charge in [-0.2, -0.15) is 5.10 Å². The van der Waals surface area contributed by atoms with Gasteiger partial charge in [0.1, 0.15) is 11.5 Å². The van der Waals surface area contributed by atoms with Gasteiger partial charge in [0.05, 0.1) is 17.6 Å². The molecular weight excluding hydrogens is 302 g/mol. The lowest BCUT2D eigenvalue weighted by Gasteiger charge is -2.05. The summed E-state index contributed by atoms with van der Waals surface area (Å²) in [6.45, 7) is 0. The molecule has 4 rings (SSSR count). The lowest BCUT2D eigenvalue weighted by atomic mass is 10.1. The Balaban J connectivity index is 1.74. The highest BCUT2D eigenvalue weighted by atomic mass is 16.3. The Morgan fingerprint density at radius 3 is 2.50 bits per heavy atom. The molecule has 2 N–H and O–H groups in total. The molecule has 0 atom stereocenters. The van der Waals surface area contributed by atoms with Crippen LogP contribution in [0.25, 0.3) is 16.9 Å². The fourth-order valence-electron chi connectivity index (χ4n) is 2.68. The van der Waals surface area contributed by atoms with E-state index in [0.29, 0.717) is 6.42 Å². The molecule has 0 saturated heterocycles. The van der Waals surface area contributed by atoms with Crippen LogP contribution < -0.4 is 0 Å². The van der Waals surface area contributed by atoms with E-state index in [-0.39, 0.29) is 11.5 Å². The number of rotatable bonds is 3. The molecule has 2 aromatic heterocycles. The first-order chi connectivity index (χ1) is 11.7. The van der Waals surface area contributed by atoms with Crippen molar-refractivity contribution in [3.8, 4) is 22.8 Å². The number of phenolic OH excluding ortho intramolecular Hbond substituents is 2. The van der Waals surface area contributed by atoms with Gasteiger partial charge in [0.25, 0.3) is 0 Å².